The molecule has 1 aromatic heterocycles. The highest BCUT2D eigenvalue weighted by atomic mass is 79.9. The Morgan fingerprint density at radius 3 is 2.46 bits per heavy atom. The lowest BCUT2D eigenvalue weighted by Crippen LogP contribution is -2.14. The van der Waals surface area contributed by atoms with Crippen LogP contribution in [0.5, 0.6) is 0 Å². The zero-order valence-corrected chi connectivity index (χ0v) is 10.2. The maximum Gasteiger partial charge on any atom is 0.171 e. The van der Waals surface area contributed by atoms with Gasteiger partial charge in [0.25, 0.3) is 0 Å². The summed E-state index contributed by atoms with van der Waals surface area (Å²) in [6, 6.07) is 3.24. The Hall–Kier alpha value is 0.0700. The van der Waals surface area contributed by atoms with E-state index in [0.29, 0.717) is 4.88 Å². The number of hydrogen-bond donors (Lipinski definition) is 2. The second-order valence-electron chi connectivity index (χ2n) is 2.29. The highest BCUT2D eigenvalue weighted by molar-refractivity contribution is 9.13. The average Bonchev–Trinajstić information content (AvgIpc) is 2.44. The summed E-state index contributed by atoms with van der Waals surface area (Å²) in [5, 5.41) is 26.8. The Labute approximate surface area is 95.9 Å². The fourth-order valence-corrected chi connectivity index (χ4v) is 2.84. The van der Waals surface area contributed by atoms with E-state index < -0.39 is 12.2 Å². The second kappa shape index (κ2) is 4.53. The largest absolute Gasteiger partial charge is 0.384 e. The molecular weight excluding hydrogens is 322 g/mol. The van der Waals surface area contributed by atoms with Crippen molar-refractivity contribution < 1.29 is 10.2 Å². The van der Waals surface area contributed by atoms with Crippen molar-refractivity contribution >= 4 is 43.2 Å². The summed E-state index contributed by atoms with van der Waals surface area (Å²) >= 11 is 7.77. The molecule has 6 heteroatoms. The molecule has 70 valence electrons. The second-order valence-corrected chi connectivity index (χ2v) is 5.55. The van der Waals surface area contributed by atoms with E-state index >= 15 is 0 Å². The van der Waals surface area contributed by atoms with Crippen molar-refractivity contribution in [3.8, 4) is 6.07 Å². The first-order chi connectivity index (χ1) is 6.06. The van der Waals surface area contributed by atoms with Crippen LogP contribution in [0.3, 0.4) is 0 Å². The molecule has 0 aliphatic rings. The molecule has 0 fully saturated rings. The molecular formula is C7H5Br2NO2S. The summed E-state index contributed by atoms with van der Waals surface area (Å²) in [4.78, 5) is 0.549. The third-order valence-corrected chi connectivity index (χ3v) is 4.71. The van der Waals surface area contributed by atoms with Crippen LogP contribution < -0.4 is 0 Å². The summed E-state index contributed by atoms with van der Waals surface area (Å²) in [6.07, 6.45) is -2.52. The van der Waals surface area contributed by atoms with Crippen LogP contribution in [-0.4, -0.2) is 16.3 Å². The van der Waals surface area contributed by atoms with Crippen molar-refractivity contribution in [1.29, 1.82) is 5.26 Å². The van der Waals surface area contributed by atoms with Gasteiger partial charge in [0.1, 0.15) is 6.10 Å². The third-order valence-electron chi connectivity index (χ3n) is 1.39. The quantitative estimate of drug-likeness (QED) is 0.819. The first kappa shape index (κ1) is 11.1. The number of hydrogen-bond acceptors (Lipinski definition) is 4. The Kier molecular flexibility index (Phi) is 3.88. The van der Waals surface area contributed by atoms with Crippen molar-refractivity contribution in [3.05, 3.63) is 19.2 Å². The van der Waals surface area contributed by atoms with Gasteiger partial charge in [0.05, 0.1) is 9.86 Å². The molecule has 0 spiro atoms. The molecule has 3 nitrogen and oxygen atoms in total. The van der Waals surface area contributed by atoms with E-state index in [1.54, 1.807) is 12.1 Å². The number of rotatable bonds is 2. The van der Waals surface area contributed by atoms with Gasteiger partial charge in [0.2, 0.25) is 0 Å². The summed E-state index contributed by atoms with van der Waals surface area (Å²) in [5.41, 5.74) is 0. The molecule has 0 amide bonds. The molecule has 1 rings (SSSR count). The average molecular weight is 327 g/mol. The van der Waals surface area contributed by atoms with Crippen LogP contribution in [0.2, 0.25) is 0 Å². The maximum absolute atomic E-state index is 9.42. The molecule has 0 bridgehead atoms. The number of halogens is 2. The SMILES string of the molecule is N#CC(O)C(O)c1cc(Br)c(Br)s1. The van der Waals surface area contributed by atoms with Gasteiger partial charge in [0.15, 0.2) is 6.10 Å². The predicted octanol–water partition coefficient (Wildman–Crippen LogP) is 2.19. The molecule has 1 aromatic rings. The lowest BCUT2D eigenvalue weighted by molar-refractivity contribution is 0.0552. The Bertz CT molecular complexity index is 327. The third kappa shape index (κ3) is 2.51. The van der Waals surface area contributed by atoms with Crippen LogP contribution in [0.4, 0.5) is 0 Å². The molecule has 13 heavy (non-hydrogen) atoms. The molecule has 1 heterocycles. The van der Waals surface area contributed by atoms with E-state index in [1.807, 2.05) is 0 Å². The highest BCUT2D eigenvalue weighted by Crippen LogP contribution is 2.36. The zero-order valence-electron chi connectivity index (χ0n) is 6.24. The normalized spacial score (nSPS) is 15.0. The lowest BCUT2D eigenvalue weighted by Gasteiger charge is -2.07. The smallest absolute Gasteiger partial charge is 0.171 e. The number of nitrogens with zero attached hydrogens (tertiary/aromatic N) is 1. The van der Waals surface area contributed by atoms with Gasteiger partial charge in [-0.2, -0.15) is 5.26 Å². The van der Waals surface area contributed by atoms with Gasteiger partial charge in [0, 0.05) is 9.35 Å². The molecule has 0 saturated heterocycles. The number of aliphatic hydroxyl groups excluding tert-OH is 2. The Morgan fingerprint density at radius 2 is 2.08 bits per heavy atom. The molecule has 2 atom stereocenters. The van der Waals surface area contributed by atoms with Crippen LogP contribution in [0.25, 0.3) is 0 Å². The van der Waals surface area contributed by atoms with Crippen LogP contribution in [-0.2, 0) is 0 Å². The standard InChI is InChI=1S/C7H5Br2NO2S/c8-3-1-5(13-7(3)9)6(12)4(11)2-10/h1,4,6,11-12H. The first-order valence-corrected chi connectivity index (χ1v) is 5.67. The fraction of sp³-hybridized carbons (Fsp3) is 0.286. The summed E-state index contributed by atoms with van der Waals surface area (Å²) in [7, 11) is 0. The van der Waals surface area contributed by atoms with E-state index in [9.17, 15) is 5.11 Å². The van der Waals surface area contributed by atoms with Gasteiger partial charge in [-0.25, -0.2) is 0 Å². The van der Waals surface area contributed by atoms with Gasteiger partial charge in [-0.05, 0) is 37.9 Å². The minimum Gasteiger partial charge on any atom is -0.384 e. The van der Waals surface area contributed by atoms with Crippen molar-refractivity contribution in [2.45, 2.75) is 12.2 Å². The van der Waals surface area contributed by atoms with Crippen molar-refractivity contribution in [2.75, 3.05) is 0 Å². The Balaban J connectivity index is 2.90. The van der Waals surface area contributed by atoms with Crippen LogP contribution in [0, 0.1) is 11.3 Å². The minimum atomic E-state index is -1.38. The van der Waals surface area contributed by atoms with Gasteiger partial charge < -0.3 is 10.2 Å². The molecule has 0 aliphatic carbocycles. The van der Waals surface area contributed by atoms with Crippen molar-refractivity contribution in [2.24, 2.45) is 0 Å². The van der Waals surface area contributed by atoms with E-state index in [4.69, 9.17) is 10.4 Å². The summed E-state index contributed by atoms with van der Waals surface area (Å²) in [5.74, 6) is 0. The van der Waals surface area contributed by atoms with Crippen LogP contribution in [0.15, 0.2) is 14.3 Å². The molecule has 2 unspecified atom stereocenters. The van der Waals surface area contributed by atoms with Crippen molar-refractivity contribution in [3.63, 3.8) is 0 Å². The van der Waals surface area contributed by atoms with E-state index in [2.05, 4.69) is 31.9 Å². The van der Waals surface area contributed by atoms with E-state index in [0.717, 1.165) is 8.26 Å². The number of aliphatic hydroxyl groups is 2. The topological polar surface area (TPSA) is 64.2 Å². The van der Waals surface area contributed by atoms with E-state index in [-0.39, 0.29) is 0 Å². The van der Waals surface area contributed by atoms with Gasteiger partial charge >= 0.3 is 0 Å². The maximum atomic E-state index is 9.42. The molecule has 0 aliphatic heterocycles. The Morgan fingerprint density at radius 1 is 1.46 bits per heavy atom. The highest BCUT2D eigenvalue weighted by Gasteiger charge is 2.20. The molecule has 0 aromatic carbocycles. The lowest BCUT2D eigenvalue weighted by atomic mass is 10.2. The van der Waals surface area contributed by atoms with Crippen molar-refractivity contribution in [1.82, 2.24) is 0 Å². The fourth-order valence-electron chi connectivity index (χ4n) is 0.735. The van der Waals surface area contributed by atoms with Crippen LogP contribution in [0.1, 0.15) is 11.0 Å². The zero-order chi connectivity index (χ0) is 10.0. The summed E-state index contributed by atoms with van der Waals surface area (Å²) < 4.78 is 1.63. The number of thiophene rings is 1. The van der Waals surface area contributed by atoms with Crippen LogP contribution >= 0.6 is 43.2 Å². The monoisotopic (exact) mass is 325 g/mol. The van der Waals surface area contributed by atoms with Gasteiger partial charge in [-0.15, -0.1) is 11.3 Å². The molecule has 0 saturated carbocycles. The van der Waals surface area contributed by atoms with Gasteiger partial charge in [-0.3, -0.25) is 0 Å². The molecule has 2 N–H and O–H groups in total. The first-order valence-electron chi connectivity index (χ1n) is 3.26. The van der Waals surface area contributed by atoms with Gasteiger partial charge in [-0.1, -0.05) is 0 Å². The molecule has 0 radical (unpaired) electrons. The van der Waals surface area contributed by atoms with E-state index in [1.165, 1.54) is 11.3 Å². The summed E-state index contributed by atoms with van der Waals surface area (Å²) in [6.45, 7) is 0. The predicted molar refractivity (Wildman–Crippen MR) is 56.3 cm³/mol. The number of nitriles is 1. The minimum absolute atomic E-state index is 0.549.